The highest BCUT2D eigenvalue weighted by Crippen LogP contribution is 2.31. The Kier molecular flexibility index (Phi) is 4.31. The molecule has 0 saturated heterocycles. The maximum Gasteiger partial charge on any atom is 0.416 e. The molecule has 0 aliphatic carbocycles. The Bertz CT molecular complexity index is 557. The maximum absolute atomic E-state index is 12.5. The predicted octanol–water partition coefficient (Wildman–Crippen LogP) is 3.86. The van der Waals surface area contributed by atoms with Crippen LogP contribution in [0.15, 0.2) is 29.4 Å². The number of rotatable bonds is 4. The Hall–Kier alpha value is -1.28. The molecule has 8 heteroatoms. The number of hydrogen-bond acceptors (Lipinski definition) is 5. The zero-order chi connectivity index (χ0) is 13.9. The van der Waals surface area contributed by atoms with Crippen LogP contribution in [0.3, 0.4) is 0 Å². The summed E-state index contributed by atoms with van der Waals surface area (Å²) < 4.78 is 46.5. The largest absolute Gasteiger partial charge is 0.472 e. The Morgan fingerprint density at radius 1 is 1.37 bits per heavy atom. The number of benzene rings is 1. The summed E-state index contributed by atoms with van der Waals surface area (Å²) in [6.07, 6.45) is -4.32. The van der Waals surface area contributed by atoms with Gasteiger partial charge in [0, 0.05) is 17.3 Å². The molecule has 0 N–H and O–H groups in total. The summed E-state index contributed by atoms with van der Waals surface area (Å²) in [5, 5.41) is 0.936. The molecule has 0 radical (unpaired) electrons. The van der Waals surface area contributed by atoms with Crippen molar-refractivity contribution in [3.63, 3.8) is 0 Å². The van der Waals surface area contributed by atoms with Gasteiger partial charge in [-0.05, 0) is 11.6 Å². The topological polar surface area (TPSA) is 35.0 Å². The second-order valence-corrected chi connectivity index (χ2v) is 5.19. The smallest absolute Gasteiger partial charge is 0.416 e. The van der Waals surface area contributed by atoms with Crippen molar-refractivity contribution in [2.75, 3.05) is 7.11 Å². The van der Waals surface area contributed by atoms with E-state index < -0.39 is 11.7 Å². The van der Waals surface area contributed by atoms with Gasteiger partial charge in [-0.15, -0.1) is 0 Å². The molecule has 2 rings (SSSR count). The molecule has 1 heterocycles. The first-order valence-corrected chi connectivity index (χ1v) is 6.91. The zero-order valence-corrected chi connectivity index (χ0v) is 11.4. The first-order valence-electron chi connectivity index (χ1n) is 5.15. The fourth-order valence-electron chi connectivity index (χ4n) is 1.32. The summed E-state index contributed by atoms with van der Waals surface area (Å²) in [5.41, 5.74) is -0.0667. The minimum atomic E-state index is -4.32. The molecule has 0 saturated carbocycles. The van der Waals surface area contributed by atoms with Crippen LogP contribution in [0.4, 0.5) is 13.2 Å². The lowest BCUT2D eigenvalue weighted by molar-refractivity contribution is -0.137. The molecule has 102 valence electrons. The molecular formula is C11H9F3N2OS2. The van der Waals surface area contributed by atoms with Gasteiger partial charge in [-0.3, -0.25) is 0 Å². The Morgan fingerprint density at radius 2 is 2.16 bits per heavy atom. The number of methoxy groups -OCH3 is 1. The molecule has 1 aromatic heterocycles. The van der Waals surface area contributed by atoms with E-state index in [0.717, 1.165) is 23.7 Å². The van der Waals surface area contributed by atoms with Crippen molar-refractivity contribution in [3.8, 4) is 5.19 Å². The standard InChI is InChI=1S/C11H9F3N2OS2/c1-17-10-15-9(16-19-10)18-6-7-3-2-4-8(5-7)11(12,13)14/h2-5H,6H2,1H3. The Balaban J connectivity index is 2.03. The zero-order valence-electron chi connectivity index (χ0n) is 9.77. The van der Waals surface area contributed by atoms with Crippen LogP contribution in [0.25, 0.3) is 0 Å². The van der Waals surface area contributed by atoms with E-state index in [1.165, 1.54) is 24.9 Å². The van der Waals surface area contributed by atoms with E-state index in [2.05, 4.69) is 9.36 Å². The van der Waals surface area contributed by atoms with Gasteiger partial charge in [0.25, 0.3) is 5.19 Å². The van der Waals surface area contributed by atoms with E-state index in [4.69, 9.17) is 4.74 Å². The number of halogens is 3. The van der Waals surface area contributed by atoms with E-state index in [0.29, 0.717) is 21.7 Å². The quantitative estimate of drug-likeness (QED) is 0.804. The lowest BCUT2D eigenvalue weighted by atomic mass is 10.1. The first-order chi connectivity index (χ1) is 8.99. The van der Waals surface area contributed by atoms with Gasteiger partial charge in [-0.1, -0.05) is 30.0 Å². The molecule has 1 aromatic carbocycles. The van der Waals surface area contributed by atoms with Gasteiger partial charge in [0.05, 0.1) is 12.7 Å². The van der Waals surface area contributed by atoms with E-state index in [1.54, 1.807) is 6.07 Å². The molecule has 3 nitrogen and oxygen atoms in total. The molecular weight excluding hydrogens is 297 g/mol. The summed E-state index contributed by atoms with van der Waals surface area (Å²) in [6, 6.07) is 5.23. The average Bonchev–Trinajstić information content (AvgIpc) is 2.84. The van der Waals surface area contributed by atoms with E-state index in [-0.39, 0.29) is 0 Å². The first kappa shape index (κ1) is 14.1. The Labute approximate surface area is 116 Å². The van der Waals surface area contributed by atoms with Gasteiger partial charge < -0.3 is 4.74 Å². The van der Waals surface area contributed by atoms with Crippen LogP contribution in [0.5, 0.6) is 5.19 Å². The van der Waals surface area contributed by atoms with E-state index >= 15 is 0 Å². The Morgan fingerprint density at radius 3 is 2.79 bits per heavy atom. The molecule has 0 spiro atoms. The molecule has 19 heavy (non-hydrogen) atoms. The van der Waals surface area contributed by atoms with E-state index in [9.17, 15) is 13.2 Å². The monoisotopic (exact) mass is 306 g/mol. The van der Waals surface area contributed by atoms with Crippen molar-refractivity contribution in [1.82, 2.24) is 9.36 Å². The highest BCUT2D eigenvalue weighted by atomic mass is 32.2. The molecule has 0 aliphatic rings. The number of ether oxygens (including phenoxy) is 1. The lowest BCUT2D eigenvalue weighted by Crippen LogP contribution is -2.04. The lowest BCUT2D eigenvalue weighted by Gasteiger charge is -2.07. The maximum atomic E-state index is 12.5. The molecule has 0 amide bonds. The number of thioether (sulfide) groups is 1. The van der Waals surface area contributed by atoms with Crippen LogP contribution >= 0.6 is 23.3 Å². The van der Waals surface area contributed by atoms with Gasteiger partial charge >= 0.3 is 6.18 Å². The van der Waals surface area contributed by atoms with Crippen molar-refractivity contribution in [2.24, 2.45) is 0 Å². The van der Waals surface area contributed by atoms with Crippen LogP contribution in [0.1, 0.15) is 11.1 Å². The third-order valence-electron chi connectivity index (χ3n) is 2.19. The van der Waals surface area contributed by atoms with Crippen LogP contribution in [-0.4, -0.2) is 16.5 Å². The van der Waals surface area contributed by atoms with Gasteiger partial charge in [0.15, 0.2) is 0 Å². The molecule has 2 aromatic rings. The van der Waals surface area contributed by atoms with Gasteiger partial charge in [-0.25, -0.2) is 0 Å². The number of hydrogen-bond donors (Lipinski definition) is 0. The molecule has 0 aliphatic heterocycles. The molecule has 0 atom stereocenters. The van der Waals surface area contributed by atoms with Crippen LogP contribution in [0, 0.1) is 0 Å². The van der Waals surface area contributed by atoms with E-state index in [1.807, 2.05) is 0 Å². The van der Waals surface area contributed by atoms with Crippen molar-refractivity contribution in [2.45, 2.75) is 17.1 Å². The van der Waals surface area contributed by atoms with Gasteiger partial charge in [-0.2, -0.15) is 22.5 Å². The second-order valence-electron chi connectivity index (χ2n) is 3.53. The van der Waals surface area contributed by atoms with Gasteiger partial charge in [0.2, 0.25) is 5.16 Å². The van der Waals surface area contributed by atoms with Crippen molar-refractivity contribution in [1.29, 1.82) is 0 Å². The van der Waals surface area contributed by atoms with Crippen LogP contribution in [-0.2, 0) is 11.9 Å². The SMILES string of the molecule is COc1nc(SCc2cccc(C(F)(F)F)c2)ns1. The fraction of sp³-hybridized carbons (Fsp3) is 0.273. The molecule has 0 unspecified atom stereocenters. The molecule has 0 fully saturated rings. The third-order valence-corrected chi connectivity index (χ3v) is 3.90. The van der Waals surface area contributed by atoms with Gasteiger partial charge in [0.1, 0.15) is 0 Å². The second kappa shape index (κ2) is 5.79. The summed E-state index contributed by atoms with van der Waals surface area (Å²) >= 11 is 2.38. The predicted molar refractivity (Wildman–Crippen MR) is 67.5 cm³/mol. The minimum absolute atomic E-state index is 0.379. The minimum Gasteiger partial charge on any atom is -0.472 e. The highest BCUT2D eigenvalue weighted by Gasteiger charge is 2.30. The summed E-state index contributed by atoms with van der Waals surface area (Å²) in [7, 11) is 1.49. The highest BCUT2D eigenvalue weighted by molar-refractivity contribution is 7.98. The molecule has 0 bridgehead atoms. The normalized spacial score (nSPS) is 11.6. The van der Waals surface area contributed by atoms with Crippen LogP contribution < -0.4 is 4.74 Å². The fourth-order valence-corrected chi connectivity index (χ4v) is 2.73. The summed E-state index contributed by atoms with van der Waals surface area (Å²) in [4.78, 5) is 4.04. The summed E-state index contributed by atoms with van der Waals surface area (Å²) in [5.74, 6) is 0.379. The summed E-state index contributed by atoms with van der Waals surface area (Å²) in [6.45, 7) is 0. The van der Waals surface area contributed by atoms with Crippen molar-refractivity contribution in [3.05, 3.63) is 35.4 Å². The third kappa shape index (κ3) is 3.84. The van der Waals surface area contributed by atoms with Crippen molar-refractivity contribution < 1.29 is 17.9 Å². The number of alkyl halides is 3. The van der Waals surface area contributed by atoms with Crippen molar-refractivity contribution >= 4 is 23.3 Å². The number of aromatic nitrogens is 2. The van der Waals surface area contributed by atoms with Crippen LogP contribution in [0.2, 0.25) is 0 Å². The number of nitrogens with zero attached hydrogens (tertiary/aromatic N) is 2. The average molecular weight is 306 g/mol.